The minimum absolute atomic E-state index is 0.494. The van der Waals surface area contributed by atoms with Crippen LogP contribution in [0.4, 0.5) is 0 Å². The molecule has 0 aliphatic heterocycles. The van der Waals surface area contributed by atoms with Crippen LogP contribution in [-0.4, -0.2) is 5.11 Å². The second-order valence-electron chi connectivity index (χ2n) is 4.81. The Labute approximate surface area is 130 Å². The third-order valence-electron chi connectivity index (χ3n) is 3.55. The molecule has 1 atom stereocenters. The van der Waals surface area contributed by atoms with Gasteiger partial charge in [0.1, 0.15) is 6.10 Å². The highest BCUT2D eigenvalue weighted by atomic mass is 35.5. The van der Waals surface area contributed by atoms with Gasteiger partial charge in [0, 0.05) is 15.6 Å². The molecule has 0 heterocycles. The molecular weight excluding hydrogens is 291 g/mol. The number of aryl methyl sites for hydroxylation is 2. The molecule has 0 fully saturated rings. The van der Waals surface area contributed by atoms with Crippen molar-refractivity contribution in [1.29, 1.82) is 0 Å². The molecule has 2 aromatic rings. The van der Waals surface area contributed by atoms with Crippen molar-refractivity contribution in [3.63, 3.8) is 0 Å². The lowest BCUT2D eigenvalue weighted by molar-refractivity contribution is 0.219. The maximum atomic E-state index is 10.7. The molecule has 2 rings (SSSR count). The molecule has 0 aliphatic rings. The summed E-state index contributed by atoms with van der Waals surface area (Å²) in [4.78, 5) is 0. The number of rotatable bonds is 4. The molecule has 106 valence electrons. The van der Waals surface area contributed by atoms with Crippen LogP contribution < -0.4 is 0 Å². The standard InChI is InChI=1S/C17H18Cl2O/c1-3-11-5-6-12(4-2)15(9-11)17(20)14-8-7-13(18)10-16(14)19/h5-10,17,20H,3-4H2,1-2H3. The third kappa shape index (κ3) is 3.17. The zero-order valence-corrected chi connectivity index (χ0v) is 13.2. The summed E-state index contributed by atoms with van der Waals surface area (Å²) >= 11 is 12.1. The van der Waals surface area contributed by atoms with Gasteiger partial charge in [-0.15, -0.1) is 0 Å². The fourth-order valence-corrected chi connectivity index (χ4v) is 2.84. The molecule has 1 N–H and O–H groups in total. The van der Waals surface area contributed by atoms with Crippen LogP contribution in [0.5, 0.6) is 0 Å². The van der Waals surface area contributed by atoms with E-state index in [0.717, 1.165) is 24.0 Å². The Kier molecular flexibility index (Phi) is 5.09. The highest BCUT2D eigenvalue weighted by Gasteiger charge is 2.17. The fraction of sp³-hybridized carbons (Fsp3) is 0.294. The minimum atomic E-state index is -0.721. The van der Waals surface area contributed by atoms with Gasteiger partial charge in [0.2, 0.25) is 0 Å². The maximum absolute atomic E-state index is 10.7. The first-order valence-corrected chi connectivity index (χ1v) is 7.57. The van der Waals surface area contributed by atoms with Crippen molar-refractivity contribution >= 4 is 23.2 Å². The average Bonchev–Trinajstić information content (AvgIpc) is 2.46. The molecule has 0 saturated carbocycles. The lowest BCUT2D eigenvalue weighted by Crippen LogP contribution is -2.05. The molecule has 0 spiro atoms. The Morgan fingerprint density at radius 1 is 0.950 bits per heavy atom. The number of halogens is 2. The summed E-state index contributed by atoms with van der Waals surface area (Å²) in [6, 6.07) is 11.5. The normalized spacial score (nSPS) is 12.4. The Morgan fingerprint density at radius 2 is 1.70 bits per heavy atom. The van der Waals surface area contributed by atoms with Gasteiger partial charge in [0.05, 0.1) is 0 Å². The van der Waals surface area contributed by atoms with Crippen molar-refractivity contribution in [2.45, 2.75) is 32.8 Å². The zero-order valence-electron chi connectivity index (χ0n) is 11.7. The van der Waals surface area contributed by atoms with Gasteiger partial charge >= 0.3 is 0 Å². The largest absolute Gasteiger partial charge is 0.384 e. The van der Waals surface area contributed by atoms with E-state index in [0.29, 0.717) is 15.6 Å². The lowest BCUT2D eigenvalue weighted by Gasteiger charge is -2.18. The maximum Gasteiger partial charge on any atom is 0.106 e. The van der Waals surface area contributed by atoms with Crippen molar-refractivity contribution < 1.29 is 5.11 Å². The van der Waals surface area contributed by atoms with E-state index in [2.05, 4.69) is 32.0 Å². The Morgan fingerprint density at radius 3 is 2.30 bits per heavy atom. The molecule has 20 heavy (non-hydrogen) atoms. The number of aliphatic hydroxyl groups excluding tert-OH is 1. The van der Waals surface area contributed by atoms with E-state index >= 15 is 0 Å². The van der Waals surface area contributed by atoms with Crippen LogP contribution in [-0.2, 0) is 12.8 Å². The van der Waals surface area contributed by atoms with Crippen LogP contribution in [0.1, 0.15) is 42.2 Å². The molecule has 0 radical (unpaired) electrons. The summed E-state index contributed by atoms with van der Waals surface area (Å²) in [7, 11) is 0. The van der Waals surface area contributed by atoms with Crippen LogP contribution >= 0.6 is 23.2 Å². The number of aliphatic hydroxyl groups is 1. The van der Waals surface area contributed by atoms with Gasteiger partial charge in [-0.1, -0.05) is 61.3 Å². The summed E-state index contributed by atoms with van der Waals surface area (Å²) in [6.45, 7) is 4.19. The highest BCUT2D eigenvalue weighted by Crippen LogP contribution is 2.32. The van der Waals surface area contributed by atoms with Gasteiger partial charge in [-0.3, -0.25) is 0 Å². The van der Waals surface area contributed by atoms with Crippen molar-refractivity contribution in [1.82, 2.24) is 0 Å². The summed E-state index contributed by atoms with van der Waals surface area (Å²) in [5.41, 5.74) is 3.97. The smallest absolute Gasteiger partial charge is 0.106 e. The molecule has 0 bridgehead atoms. The molecule has 0 aromatic heterocycles. The van der Waals surface area contributed by atoms with E-state index in [1.165, 1.54) is 5.56 Å². The van der Waals surface area contributed by atoms with E-state index in [4.69, 9.17) is 23.2 Å². The number of hydrogen-bond acceptors (Lipinski definition) is 1. The first-order chi connectivity index (χ1) is 9.56. The summed E-state index contributed by atoms with van der Waals surface area (Å²) in [6.07, 6.45) is 1.10. The zero-order chi connectivity index (χ0) is 14.7. The Bertz CT molecular complexity index is 608. The monoisotopic (exact) mass is 308 g/mol. The van der Waals surface area contributed by atoms with Crippen LogP contribution in [0.3, 0.4) is 0 Å². The van der Waals surface area contributed by atoms with Gasteiger partial charge in [-0.05, 0) is 41.7 Å². The first kappa shape index (κ1) is 15.4. The van der Waals surface area contributed by atoms with Crippen molar-refractivity contribution in [3.05, 3.63) is 68.7 Å². The van der Waals surface area contributed by atoms with Crippen molar-refractivity contribution in [2.24, 2.45) is 0 Å². The van der Waals surface area contributed by atoms with E-state index in [-0.39, 0.29) is 0 Å². The predicted octanol–water partition coefficient (Wildman–Crippen LogP) is 5.20. The third-order valence-corrected chi connectivity index (χ3v) is 4.11. The highest BCUT2D eigenvalue weighted by molar-refractivity contribution is 6.35. The molecule has 2 aromatic carbocycles. The van der Waals surface area contributed by atoms with Gasteiger partial charge in [-0.2, -0.15) is 0 Å². The topological polar surface area (TPSA) is 20.2 Å². The molecule has 0 saturated heterocycles. The fourth-order valence-electron chi connectivity index (χ4n) is 2.33. The Balaban J connectivity index is 2.48. The molecule has 1 unspecified atom stereocenters. The van der Waals surface area contributed by atoms with E-state index in [1.54, 1.807) is 18.2 Å². The predicted molar refractivity (Wildman–Crippen MR) is 85.7 cm³/mol. The van der Waals surface area contributed by atoms with E-state index in [9.17, 15) is 5.11 Å². The van der Waals surface area contributed by atoms with E-state index < -0.39 is 6.10 Å². The second kappa shape index (κ2) is 6.62. The molecule has 0 amide bonds. The number of hydrogen-bond donors (Lipinski definition) is 1. The SMILES string of the molecule is CCc1ccc(CC)c(C(O)c2ccc(Cl)cc2Cl)c1. The molecule has 3 heteroatoms. The summed E-state index contributed by atoms with van der Waals surface area (Å²) in [5.74, 6) is 0. The first-order valence-electron chi connectivity index (χ1n) is 6.81. The molecule has 0 aliphatic carbocycles. The van der Waals surface area contributed by atoms with Crippen LogP contribution in [0.25, 0.3) is 0 Å². The Hall–Kier alpha value is -1.02. The van der Waals surface area contributed by atoms with Gasteiger partial charge in [-0.25, -0.2) is 0 Å². The van der Waals surface area contributed by atoms with Gasteiger partial charge < -0.3 is 5.11 Å². The minimum Gasteiger partial charge on any atom is -0.384 e. The van der Waals surface area contributed by atoms with Crippen LogP contribution in [0.15, 0.2) is 36.4 Å². The van der Waals surface area contributed by atoms with Crippen molar-refractivity contribution in [3.8, 4) is 0 Å². The van der Waals surface area contributed by atoms with E-state index in [1.807, 2.05) is 0 Å². The summed E-state index contributed by atoms with van der Waals surface area (Å²) < 4.78 is 0. The molecular formula is C17H18Cl2O. The second-order valence-corrected chi connectivity index (χ2v) is 5.65. The van der Waals surface area contributed by atoms with Gasteiger partial charge in [0.15, 0.2) is 0 Å². The average molecular weight is 309 g/mol. The van der Waals surface area contributed by atoms with Gasteiger partial charge in [0.25, 0.3) is 0 Å². The summed E-state index contributed by atoms with van der Waals surface area (Å²) in [5, 5.41) is 11.7. The quantitative estimate of drug-likeness (QED) is 0.823. The lowest BCUT2D eigenvalue weighted by atomic mass is 9.93. The van der Waals surface area contributed by atoms with Crippen molar-refractivity contribution in [2.75, 3.05) is 0 Å². The molecule has 1 nitrogen and oxygen atoms in total. The number of benzene rings is 2. The van der Waals surface area contributed by atoms with Crippen LogP contribution in [0.2, 0.25) is 10.0 Å². The van der Waals surface area contributed by atoms with Crippen LogP contribution in [0, 0.1) is 0 Å².